The zero-order chi connectivity index (χ0) is 24.6. The van der Waals surface area contributed by atoms with Gasteiger partial charge in [-0.05, 0) is 60.2 Å². The van der Waals surface area contributed by atoms with Gasteiger partial charge in [-0.2, -0.15) is 0 Å². The molecular weight excluding hydrogens is 460 g/mol. The van der Waals surface area contributed by atoms with Crippen molar-refractivity contribution in [2.75, 3.05) is 11.5 Å². The molecule has 176 valence electrons. The van der Waals surface area contributed by atoms with Gasteiger partial charge < -0.3 is 9.84 Å². The number of anilines is 1. The Balaban J connectivity index is 1.83. The number of amides is 1. The van der Waals surface area contributed by atoms with Crippen LogP contribution in [-0.4, -0.2) is 23.4 Å². The molecule has 0 bridgehead atoms. The third-order valence-electron chi connectivity index (χ3n) is 5.45. The number of hydrogen-bond acceptors (Lipinski definition) is 5. The van der Waals surface area contributed by atoms with Crippen LogP contribution in [0.5, 0.6) is 5.75 Å². The predicted octanol–water partition coefficient (Wildman–Crippen LogP) is 6.00. The summed E-state index contributed by atoms with van der Waals surface area (Å²) >= 11 is 1.25. The van der Waals surface area contributed by atoms with Crippen molar-refractivity contribution in [3.8, 4) is 5.75 Å². The van der Waals surface area contributed by atoms with E-state index in [9.17, 15) is 23.5 Å². The molecule has 4 rings (SSSR count). The monoisotopic (exact) mass is 483 g/mol. The van der Waals surface area contributed by atoms with Crippen molar-refractivity contribution in [2.45, 2.75) is 26.8 Å². The maximum absolute atomic E-state index is 14.7. The first-order valence-corrected chi connectivity index (χ1v) is 11.6. The van der Waals surface area contributed by atoms with Crippen molar-refractivity contribution in [3.05, 3.63) is 87.1 Å². The van der Waals surface area contributed by atoms with Gasteiger partial charge in [0.1, 0.15) is 29.2 Å². The first-order valence-electron chi connectivity index (χ1n) is 10.7. The Bertz CT molecular complexity index is 1280. The van der Waals surface area contributed by atoms with E-state index in [-0.39, 0.29) is 17.0 Å². The summed E-state index contributed by atoms with van der Waals surface area (Å²) in [6, 6.07) is 10.1. The number of carbonyl (C=O) groups excluding carboxylic acids is 2. The number of rotatable bonds is 6. The van der Waals surface area contributed by atoms with Crippen LogP contribution in [0, 0.1) is 24.5 Å². The van der Waals surface area contributed by atoms with Gasteiger partial charge in [0.15, 0.2) is 0 Å². The number of aryl methyl sites for hydroxylation is 1. The summed E-state index contributed by atoms with van der Waals surface area (Å²) in [6.07, 6.45) is 0. The lowest BCUT2D eigenvalue weighted by atomic mass is 9.98. The summed E-state index contributed by atoms with van der Waals surface area (Å²) in [5, 5.41) is 12.9. The molecule has 0 spiro atoms. The number of thiophene rings is 1. The zero-order valence-electron chi connectivity index (χ0n) is 18.8. The van der Waals surface area contributed by atoms with E-state index in [4.69, 9.17) is 4.74 Å². The van der Waals surface area contributed by atoms with Gasteiger partial charge in [0.25, 0.3) is 11.7 Å². The molecule has 1 saturated heterocycles. The van der Waals surface area contributed by atoms with Crippen molar-refractivity contribution < 1.29 is 28.2 Å². The Hall–Kier alpha value is -3.52. The quantitative estimate of drug-likeness (QED) is 0.265. The molecule has 1 unspecified atom stereocenters. The molecule has 8 heteroatoms. The van der Waals surface area contributed by atoms with Crippen LogP contribution >= 0.6 is 11.3 Å². The van der Waals surface area contributed by atoms with Crippen LogP contribution in [0.3, 0.4) is 0 Å². The summed E-state index contributed by atoms with van der Waals surface area (Å²) in [5.74, 6) is -3.13. The van der Waals surface area contributed by atoms with Crippen LogP contribution < -0.4 is 9.64 Å². The minimum Gasteiger partial charge on any atom is -0.507 e. The van der Waals surface area contributed by atoms with E-state index < -0.39 is 29.4 Å². The molecule has 1 aliphatic heterocycles. The summed E-state index contributed by atoms with van der Waals surface area (Å²) in [4.78, 5) is 27.6. The summed E-state index contributed by atoms with van der Waals surface area (Å²) in [5.41, 5.74) is 0.672. The van der Waals surface area contributed by atoms with E-state index in [0.29, 0.717) is 34.8 Å². The van der Waals surface area contributed by atoms with E-state index >= 15 is 0 Å². The lowest BCUT2D eigenvalue weighted by molar-refractivity contribution is -0.132. The second kappa shape index (κ2) is 9.38. The molecule has 5 nitrogen and oxygen atoms in total. The van der Waals surface area contributed by atoms with Crippen molar-refractivity contribution in [3.63, 3.8) is 0 Å². The first kappa shape index (κ1) is 23.6. The summed E-state index contributed by atoms with van der Waals surface area (Å²) < 4.78 is 33.9. The van der Waals surface area contributed by atoms with Gasteiger partial charge in [-0.3, -0.25) is 14.5 Å². The van der Waals surface area contributed by atoms with E-state index in [1.807, 2.05) is 20.8 Å². The number of carbonyl (C=O) groups is 2. The zero-order valence-corrected chi connectivity index (χ0v) is 19.7. The van der Waals surface area contributed by atoms with Crippen molar-refractivity contribution in [2.24, 2.45) is 5.92 Å². The van der Waals surface area contributed by atoms with Crippen LogP contribution in [0.1, 0.15) is 35.9 Å². The molecule has 2 aromatic carbocycles. The summed E-state index contributed by atoms with van der Waals surface area (Å²) in [6.45, 7) is 6.40. The Morgan fingerprint density at radius 3 is 2.53 bits per heavy atom. The Morgan fingerprint density at radius 1 is 1.15 bits per heavy atom. The smallest absolute Gasteiger partial charge is 0.300 e. The van der Waals surface area contributed by atoms with Gasteiger partial charge in [0.2, 0.25) is 0 Å². The number of benzene rings is 2. The number of ether oxygens (including phenoxy) is 1. The Morgan fingerprint density at radius 2 is 1.91 bits per heavy atom. The maximum Gasteiger partial charge on any atom is 0.300 e. The lowest BCUT2D eigenvalue weighted by Gasteiger charge is -2.24. The molecule has 1 amide bonds. The van der Waals surface area contributed by atoms with E-state index in [1.165, 1.54) is 11.3 Å². The molecule has 1 atom stereocenters. The average molecular weight is 484 g/mol. The average Bonchev–Trinajstić information content (AvgIpc) is 3.40. The number of Topliss-reactive ketones (excluding diaryl/α,β-unsaturated/α-hetero) is 1. The highest BCUT2D eigenvalue weighted by Crippen LogP contribution is 2.44. The molecule has 0 radical (unpaired) electrons. The molecule has 0 aliphatic carbocycles. The predicted molar refractivity (Wildman–Crippen MR) is 127 cm³/mol. The SMILES string of the molecule is Cc1cc(/C(O)=C2/C(=O)C(=O)N(c3ccc(F)cc3F)C2c2cccs2)ccc1OCC(C)C. The highest BCUT2D eigenvalue weighted by atomic mass is 32.1. The van der Waals surface area contributed by atoms with E-state index in [0.717, 1.165) is 22.6 Å². The number of hydrogen-bond donors (Lipinski definition) is 1. The molecule has 1 aromatic heterocycles. The largest absolute Gasteiger partial charge is 0.507 e. The van der Waals surface area contributed by atoms with E-state index in [1.54, 1.807) is 35.7 Å². The number of nitrogens with zero attached hydrogens (tertiary/aromatic N) is 1. The molecule has 2 heterocycles. The van der Waals surface area contributed by atoms with Gasteiger partial charge in [-0.15, -0.1) is 11.3 Å². The standard InChI is InChI=1S/C26H23F2NO4S/c1-14(2)13-33-20-9-6-16(11-15(20)3)24(30)22-23(21-5-4-10-34-21)29(26(32)25(22)31)19-8-7-17(27)12-18(19)28/h4-12,14,23,30H,13H2,1-3H3/b24-22-. The fourth-order valence-corrected chi connectivity index (χ4v) is 4.67. The van der Waals surface area contributed by atoms with Crippen molar-refractivity contribution in [1.82, 2.24) is 0 Å². The van der Waals surface area contributed by atoms with Crippen LogP contribution in [0.15, 0.2) is 59.5 Å². The first-order chi connectivity index (χ1) is 16.2. The highest BCUT2D eigenvalue weighted by Gasteiger charge is 2.48. The number of ketones is 1. The van der Waals surface area contributed by atoms with Gasteiger partial charge in [-0.25, -0.2) is 8.78 Å². The Kier molecular flexibility index (Phi) is 6.52. The van der Waals surface area contributed by atoms with Crippen LogP contribution in [-0.2, 0) is 9.59 Å². The third-order valence-corrected chi connectivity index (χ3v) is 6.37. The minimum absolute atomic E-state index is 0.161. The normalized spacial score (nSPS) is 17.6. The fourth-order valence-electron chi connectivity index (χ4n) is 3.84. The Labute approximate surface area is 199 Å². The molecule has 1 fully saturated rings. The van der Waals surface area contributed by atoms with Gasteiger partial charge in [0, 0.05) is 16.5 Å². The van der Waals surface area contributed by atoms with Gasteiger partial charge in [-0.1, -0.05) is 19.9 Å². The van der Waals surface area contributed by atoms with Gasteiger partial charge >= 0.3 is 0 Å². The molecule has 1 N–H and O–H groups in total. The topological polar surface area (TPSA) is 66.8 Å². The molecule has 1 aliphatic rings. The fraction of sp³-hybridized carbons (Fsp3) is 0.231. The third kappa shape index (κ3) is 4.33. The van der Waals surface area contributed by atoms with Crippen molar-refractivity contribution in [1.29, 1.82) is 0 Å². The van der Waals surface area contributed by atoms with Crippen LogP contribution in [0.25, 0.3) is 5.76 Å². The second-order valence-electron chi connectivity index (χ2n) is 8.47. The number of aliphatic hydroxyl groups excluding tert-OH is 1. The lowest BCUT2D eigenvalue weighted by Crippen LogP contribution is -2.30. The number of aliphatic hydroxyl groups is 1. The summed E-state index contributed by atoms with van der Waals surface area (Å²) in [7, 11) is 0. The highest BCUT2D eigenvalue weighted by molar-refractivity contribution is 7.10. The van der Waals surface area contributed by atoms with Crippen molar-refractivity contribution >= 4 is 34.5 Å². The second-order valence-corrected chi connectivity index (χ2v) is 9.44. The molecule has 3 aromatic rings. The minimum atomic E-state index is -1.06. The van der Waals surface area contributed by atoms with Crippen LogP contribution in [0.4, 0.5) is 14.5 Å². The van der Waals surface area contributed by atoms with Gasteiger partial charge in [0.05, 0.1) is 17.9 Å². The molecule has 34 heavy (non-hydrogen) atoms. The molecule has 0 saturated carbocycles. The molecular formula is C26H23F2NO4S. The van der Waals surface area contributed by atoms with E-state index in [2.05, 4.69) is 0 Å². The number of halogens is 2. The maximum atomic E-state index is 14.7. The van der Waals surface area contributed by atoms with Crippen LogP contribution in [0.2, 0.25) is 0 Å².